The molecule has 1 N–H and O–H groups in total. The Hall–Kier alpha value is -0.650. The number of hydrogen-bond donors (Lipinski definition) is 1. The molecule has 0 saturated carbocycles. The van der Waals surface area contributed by atoms with Gasteiger partial charge in [0.2, 0.25) is 5.91 Å². The molecule has 0 bridgehead atoms. The van der Waals surface area contributed by atoms with Crippen molar-refractivity contribution in [2.75, 3.05) is 59.0 Å². The van der Waals surface area contributed by atoms with Crippen LogP contribution in [0.15, 0.2) is 0 Å². The summed E-state index contributed by atoms with van der Waals surface area (Å²) in [5.74, 6) is 0.261. The first-order valence-electron chi connectivity index (χ1n) is 7.15. The molecule has 5 heteroatoms. The van der Waals surface area contributed by atoms with Crippen LogP contribution in [0.1, 0.15) is 19.3 Å². The van der Waals surface area contributed by atoms with Gasteiger partial charge >= 0.3 is 0 Å². The van der Waals surface area contributed by atoms with Gasteiger partial charge in [-0.2, -0.15) is 0 Å². The number of hydrogen-bond acceptors (Lipinski definition) is 4. The van der Waals surface area contributed by atoms with Crippen LogP contribution in [0, 0.1) is 0 Å². The van der Waals surface area contributed by atoms with Gasteiger partial charge in [-0.15, -0.1) is 0 Å². The minimum atomic E-state index is 0.261. The minimum absolute atomic E-state index is 0.261. The van der Waals surface area contributed by atoms with Gasteiger partial charge in [0.15, 0.2) is 0 Å². The highest BCUT2D eigenvalue weighted by molar-refractivity contribution is 5.78. The highest BCUT2D eigenvalue weighted by Crippen LogP contribution is 2.08. The molecule has 1 amide bonds. The molecule has 104 valence electrons. The lowest BCUT2D eigenvalue weighted by Gasteiger charge is -2.28. The molecular formula is C13H25N3O2. The summed E-state index contributed by atoms with van der Waals surface area (Å²) in [5, 5.41) is 3.26. The molecule has 2 rings (SSSR count). The maximum atomic E-state index is 11.9. The molecule has 0 atom stereocenters. The second-order valence-corrected chi connectivity index (χ2v) is 5.07. The van der Waals surface area contributed by atoms with E-state index in [1.807, 2.05) is 4.90 Å². The monoisotopic (exact) mass is 255 g/mol. The van der Waals surface area contributed by atoms with Gasteiger partial charge in [-0.05, 0) is 19.3 Å². The van der Waals surface area contributed by atoms with Crippen molar-refractivity contribution in [2.45, 2.75) is 19.3 Å². The first kappa shape index (κ1) is 13.8. The zero-order valence-electron chi connectivity index (χ0n) is 11.2. The van der Waals surface area contributed by atoms with Crippen LogP contribution in [0.25, 0.3) is 0 Å². The molecule has 2 fully saturated rings. The summed E-state index contributed by atoms with van der Waals surface area (Å²) in [5.41, 5.74) is 0. The molecule has 0 aromatic heterocycles. The lowest BCUT2D eigenvalue weighted by atomic mass is 10.1. The van der Waals surface area contributed by atoms with Gasteiger partial charge < -0.3 is 15.0 Å². The average molecular weight is 255 g/mol. The number of nitrogens with zero attached hydrogens (tertiary/aromatic N) is 2. The Kier molecular flexibility index (Phi) is 5.90. The molecule has 2 saturated heterocycles. The van der Waals surface area contributed by atoms with Crippen molar-refractivity contribution in [1.82, 2.24) is 15.1 Å². The fourth-order valence-electron chi connectivity index (χ4n) is 2.51. The number of carbonyl (C=O) groups is 1. The van der Waals surface area contributed by atoms with Crippen molar-refractivity contribution in [3.8, 4) is 0 Å². The van der Waals surface area contributed by atoms with E-state index in [1.165, 1.54) is 19.3 Å². The first-order chi connectivity index (χ1) is 8.86. The van der Waals surface area contributed by atoms with Crippen LogP contribution in [0.2, 0.25) is 0 Å². The number of morpholine rings is 1. The zero-order chi connectivity index (χ0) is 12.6. The quantitative estimate of drug-likeness (QED) is 0.698. The molecule has 5 nitrogen and oxygen atoms in total. The van der Waals surface area contributed by atoms with E-state index in [0.29, 0.717) is 6.54 Å². The van der Waals surface area contributed by atoms with Gasteiger partial charge in [-0.3, -0.25) is 9.69 Å². The van der Waals surface area contributed by atoms with E-state index >= 15 is 0 Å². The number of nitrogens with one attached hydrogen (secondary N) is 1. The van der Waals surface area contributed by atoms with Gasteiger partial charge in [-0.25, -0.2) is 0 Å². The molecule has 2 aliphatic heterocycles. The second kappa shape index (κ2) is 7.71. The summed E-state index contributed by atoms with van der Waals surface area (Å²) in [4.78, 5) is 16.2. The summed E-state index contributed by atoms with van der Waals surface area (Å²) in [7, 11) is 0. The van der Waals surface area contributed by atoms with E-state index in [1.54, 1.807) is 0 Å². The van der Waals surface area contributed by atoms with Crippen LogP contribution in [0.3, 0.4) is 0 Å². The van der Waals surface area contributed by atoms with Crippen molar-refractivity contribution in [1.29, 1.82) is 0 Å². The summed E-state index contributed by atoms with van der Waals surface area (Å²) in [6.45, 7) is 8.00. The number of piperidine rings is 1. The van der Waals surface area contributed by atoms with E-state index in [4.69, 9.17) is 4.74 Å². The van der Waals surface area contributed by atoms with E-state index < -0.39 is 0 Å². The Bertz CT molecular complexity index is 249. The maximum absolute atomic E-state index is 11.9. The number of likely N-dealkylation sites (tertiary alicyclic amines) is 1. The molecule has 0 spiro atoms. The smallest absolute Gasteiger partial charge is 0.236 e. The molecular weight excluding hydrogens is 230 g/mol. The van der Waals surface area contributed by atoms with Crippen LogP contribution in [0.4, 0.5) is 0 Å². The molecule has 0 radical (unpaired) electrons. The number of ether oxygens (including phenoxy) is 1. The predicted octanol–water partition coefficient (Wildman–Crippen LogP) is -0.0793. The standard InChI is InChI=1S/C13H25N3O2/c17-13(16-5-2-1-3-6-16)12-14-4-7-15-8-10-18-11-9-15/h14H,1-12H2. The van der Waals surface area contributed by atoms with E-state index in [0.717, 1.165) is 52.5 Å². The van der Waals surface area contributed by atoms with Gasteiger partial charge in [0, 0.05) is 39.3 Å². The van der Waals surface area contributed by atoms with Crippen LogP contribution in [-0.4, -0.2) is 74.7 Å². The third-order valence-electron chi connectivity index (χ3n) is 3.69. The lowest BCUT2D eigenvalue weighted by Crippen LogP contribution is -2.44. The summed E-state index contributed by atoms with van der Waals surface area (Å²) >= 11 is 0. The summed E-state index contributed by atoms with van der Waals surface area (Å²) in [6, 6.07) is 0. The van der Waals surface area contributed by atoms with Crippen molar-refractivity contribution >= 4 is 5.91 Å². The zero-order valence-corrected chi connectivity index (χ0v) is 11.2. The van der Waals surface area contributed by atoms with Crippen molar-refractivity contribution in [3.63, 3.8) is 0 Å². The SMILES string of the molecule is O=C(CNCCN1CCOCC1)N1CCCCC1. The predicted molar refractivity (Wildman–Crippen MR) is 70.6 cm³/mol. The van der Waals surface area contributed by atoms with Gasteiger partial charge in [0.25, 0.3) is 0 Å². The van der Waals surface area contributed by atoms with Crippen molar-refractivity contribution in [2.24, 2.45) is 0 Å². The highest BCUT2D eigenvalue weighted by atomic mass is 16.5. The van der Waals surface area contributed by atoms with Crippen LogP contribution in [0.5, 0.6) is 0 Å². The molecule has 2 aliphatic rings. The molecule has 18 heavy (non-hydrogen) atoms. The Morgan fingerprint density at radius 1 is 1.06 bits per heavy atom. The average Bonchev–Trinajstić information content (AvgIpc) is 2.45. The third kappa shape index (κ3) is 4.55. The third-order valence-corrected chi connectivity index (χ3v) is 3.69. The molecule has 0 aliphatic carbocycles. The van der Waals surface area contributed by atoms with Crippen LogP contribution >= 0.6 is 0 Å². The van der Waals surface area contributed by atoms with Gasteiger partial charge in [0.05, 0.1) is 19.8 Å². The Morgan fingerprint density at radius 2 is 1.78 bits per heavy atom. The van der Waals surface area contributed by atoms with E-state index in [-0.39, 0.29) is 5.91 Å². The summed E-state index contributed by atoms with van der Waals surface area (Å²) in [6.07, 6.45) is 3.60. The minimum Gasteiger partial charge on any atom is -0.379 e. The second-order valence-electron chi connectivity index (χ2n) is 5.07. The Morgan fingerprint density at radius 3 is 2.50 bits per heavy atom. The molecule has 0 aromatic rings. The van der Waals surface area contributed by atoms with Crippen LogP contribution < -0.4 is 5.32 Å². The van der Waals surface area contributed by atoms with Crippen LogP contribution in [-0.2, 0) is 9.53 Å². The topological polar surface area (TPSA) is 44.8 Å². The number of rotatable bonds is 5. The van der Waals surface area contributed by atoms with Crippen molar-refractivity contribution in [3.05, 3.63) is 0 Å². The molecule has 2 heterocycles. The molecule has 0 unspecified atom stereocenters. The molecule has 0 aromatic carbocycles. The van der Waals surface area contributed by atoms with E-state index in [2.05, 4.69) is 10.2 Å². The number of carbonyl (C=O) groups excluding carboxylic acids is 1. The fraction of sp³-hybridized carbons (Fsp3) is 0.923. The van der Waals surface area contributed by atoms with Gasteiger partial charge in [-0.1, -0.05) is 0 Å². The largest absolute Gasteiger partial charge is 0.379 e. The number of amides is 1. The summed E-state index contributed by atoms with van der Waals surface area (Å²) < 4.78 is 5.30. The first-order valence-corrected chi connectivity index (χ1v) is 7.15. The lowest BCUT2D eigenvalue weighted by molar-refractivity contribution is -0.131. The van der Waals surface area contributed by atoms with Crippen molar-refractivity contribution < 1.29 is 9.53 Å². The normalized spacial score (nSPS) is 22.1. The maximum Gasteiger partial charge on any atom is 0.236 e. The van der Waals surface area contributed by atoms with Gasteiger partial charge in [0.1, 0.15) is 0 Å². The Balaban J connectivity index is 1.52. The highest BCUT2D eigenvalue weighted by Gasteiger charge is 2.15. The fourth-order valence-corrected chi connectivity index (χ4v) is 2.51. The Labute approximate surface area is 109 Å². The van der Waals surface area contributed by atoms with E-state index in [9.17, 15) is 4.79 Å².